The smallest absolute Gasteiger partial charge is 0.303 e. The van der Waals surface area contributed by atoms with E-state index in [1.165, 1.54) is 17.0 Å². The Morgan fingerprint density at radius 1 is 1.07 bits per heavy atom. The summed E-state index contributed by atoms with van der Waals surface area (Å²) in [4.78, 5) is 65.9. The van der Waals surface area contributed by atoms with Gasteiger partial charge in [-0.15, -0.1) is 0 Å². The highest BCUT2D eigenvalue weighted by molar-refractivity contribution is 6.23. The zero-order chi connectivity index (χ0) is 28.7. The first-order valence-electron chi connectivity index (χ1n) is 13.9. The van der Waals surface area contributed by atoms with Crippen molar-refractivity contribution >= 4 is 29.4 Å². The van der Waals surface area contributed by atoms with Crippen molar-refractivity contribution < 1.29 is 38.9 Å². The number of imide groups is 1. The average Bonchev–Trinajstić information content (AvgIpc) is 3.16. The van der Waals surface area contributed by atoms with Gasteiger partial charge < -0.3 is 14.9 Å². The molecule has 4 aliphatic rings. The Labute approximate surface area is 232 Å². The second-order valence-corrected chi connectivity index (χ2v) is 10.9. The van der Waals surface area contributed by atoms with Crippen LogP contribution < -0.4 is 4.74 Å². The summed E-state index contributed by atoms with van der Waals surface area (Å²) in [6.45, 7) is 3.98. The predicted octanol–water partition coefficient (Wildman–Crippen LogP) is 3.87. The number of ketones is 2. The molecular formula is C31H33NO8. The SMILES string of the molecule is CCOc1cc([C@H]2C3=CC[C@@H]4C(=O)N(CCCCCC(=O)O)C(=O)[C@@H]4[C@@H]3CC3=C2C(=O)C(C)=CC3=O)ccc1O. The zero-order valence-corrected chi connectivity index (χ0v) is 22.6. The molecule has 3 aliphatic carbocycles. The van der Waals surface area contributed by atoms with E-state index in [-0.39, 0.29) is 54.3 Å². The number of fused-ring (bicyclic) bond motifs is 3. The van der Waals surface area contributed by atoms with Crippen molar-refractivity contribution in [1.82, 2.24) is 4.90 Å². The minimum Gasteiger partial charge on any atom is -0.504 e. The van der Waals surface area contributed by atoms with Crippen LogP contribution in [0.5, 0.6) is 11.5 Å². The molecule has 0 radical (unpaired) electrons. The third-order valence-corrected chi connectivity index (χ3v) is 8.55. The molecule has 210 valence electrons. The molecule has 1 fully saturated rings. The number of ether oxygens (including phenoxy) is 1. The summed E-state index contributed by atoms with van der Waals surface area (Å²) in [5, 5.41) is 19.2. The van der Waals surface area contributed by atoms with Gasteiger partial charge in [0.15, 0.2) is 23.1 Å². The molecule has 1 aliphatic heterocycles. The summed E-state index contributed by atoms with van der Waals surface area (Å²) >= 11 is 0. The quantitative estimate of drug-likeness (QED) is 0.206. The summed E-state index contributed by atoms with van der Waals surface area (Å²) in [5.74, 6) is -3.83. The summed E-state index contributed by atoms with van der Waals surface area (Å²) in [6, 6.07) is 4.89. The molecule has 5 rings (SSSR count). The number of carbonyl (C=O) groups is 5. The Kier molecular flexibility index (Phi) is 7.49. The normalized spacial score (nSPS) is 25.8. The number of benzene rings is 1. The predicted molar refractivity (Wildman–Crippen MR) is 143 cm³/mol. The number of Topliss-reactive ketones (excluding diaryl/α,β-unsaturated/α-hetero) is 1. The maximum absolute atomic E-state index is 13.7. The molecule has 1 aromatic rings. The minimum atomic E-state index is -0.874. The molecule has 0 saturated carbocycles. The van der Waals surface area contributed by atoms with Crippen molar-refractivity contribution in [2.45, 2.75) is 58.3 Å². The van der Waals surface area contributed by atoms with Gasteiger partial charge in [0.05, 0.1) is 18.4 Å². The lowest BCUT2D eigenvalue weighted by Crippen LogP contribution is -2.39. The molecule has 0 spiro atoms. The summed E-state index contributed by atoms with van der Waals surface area (Å²) < 4.78 is 5.60. The van der Waals surface area contributed by atoms with Gasteiger partial charge in [-0.3, -0.25) is 28.9 Å². The summed E-state index contributed by atoms with van der Waals surface area (Å²) in [6.07, 6.45) is 5.50. The Bertz CT molecular complexity index is 1400. The number of phenolic OH excluding ortho intramolecular Hbond substituents is 1. The van der Waals surface area contributed by atoms with E-state index in [1.54, 1.807) is 26.0 Å². The van der Waals surface area contributed by atoms with Crippen LogP contribution in [0.25, 0.3) is 0 Å². The fourth-order valence-corrected chi connectivity index (χ4v) is 6.73. The van der Waals surface area contributed by atoms with Crippen LogP contribution in [0, 0.1) is 17.8 Å². The third-order valence-electron chi connectivity index (χ3n) is 8.55. The summed E-state index contributed by atoms with van der Waals surface area (Å²) in [7, 11) is 0. The molecule has 1 heterocycles. The number of likely N-dealkylation sites (tertiary alicyclic amines) is 1. The van der Waals surface area contributed by atoms with Crippen molar-refractivity contribution in [2.24, 2.45) is 17.8 Å². The van der Waals surface area contributed by atoms with Crippen molar-refractivity contribution in [3.63, 3.8) is 0 Å². The molecule has 40 heavy (non-hydrogen) atoms. The van der Waals surface area contributed by atoms with E-state index in [9.17, 15) is 29.1 Å². The van der Waals surface area contributed by atoms with E-state index in [4.69, 9.17) is 9.84 Å². The van der Waals surface area contributed by atoms with Crippen molar-refractivity contribution in [1.29, 1.82) is 0 Å². The van der Waals surface area contributed by atoms with E-state index in [2.05, 4.69) is 0 Å². The lowest BCUT2D eigenvalue weighted by molar-refractivity contribution is -0.141. The molecule has 2 N–H and O–H groups in total. The molecule has 1 aromatic carbocycles. The number of phenols is 1. The van der Waals surface area contributed by atoms with Gasteiger partial charge in [0.25, 0.3) is 0 Å². The van der Waals surface area contributed by atoms with E-state index >= 15 is 0 Å². The molecule has 0 aromatic heterocycles. The topological polar surface area (TPSA) is 138 Å². The van der Waals surface area contributed by atoms with E-state index < -0.39 is 29.6 Å². The van der Waals surface area contributed by atoms with Gasteiger partial charge in [-0.2, -0.15) is 0 Å². The lowest BCUT2D eigenvalue weighted by Gasteiger charge is -2.42. The van der Waals surface area contributed by atoms with E-state index in [0.29, 0.717) is 54.6 Å². The van der Waals surface area contributed by atoms with E-state index in [0.717, 1.165) is 5.57 Å². The first-order chi connectivity index (χ1) is 19.1. The number of carbonyl (C=O) groups excluding carboxylic acids is 4. The van der Waals surface area contributed by atoms with Gasteiger partial charge in [-0.05, 0) is 69.2 Å². The van der Waals surface area contributed by atoms with Crippen molar-refractivity contribution in [3.05, 3.63) is 58.2 Å². The first-order valence-corrected chi connectivity index (χ1v) is 13.9. The Morgan fingerprint density at radius 2 is 1.85 bits per heavy atom. The monoisotopic (exact) mass is 547 g/mol. The number of aliphatic carboxylic acids is 1. The van der Waals surface area contributed by atoms with Crippen LogP contribution in [0.2, 0.25) is 0 Å². The molecular weight excluding hydrogens is 514 g/mol. The molecule has 0 bridgehead atoms. The number of carboxylic acids is 1. The third kappa shape index (κ3) is 4.67. The van der Waals surface area contributed by atoms with Crippen molar-refractivity contribution in [2.75, 3.05) is 13.2 Å². The van der Waals surface area contributed by atoms with Crippen LogP contribution in [-0.2, 0) is 24.0 Å². The highest BCUT2D eigenvalue weighted by Crippen LogP contribution is 2.55. The average molecular weight is 548 g/mol. The fraction of sp³-hybridized carbons (Fsp3) is 0.452. The van der Waals surface area contributed by atoms with Crippen LogP contribution >= 0.6 is 0 Å². The van der Waals surface area contributed by atoms with Gasteiger partial charge in [-0.25, -0.2) is 0 Å². The zero-order valence-electron chi connectivity index (χ0n) is 22.6. The van der Waals surface area contributed by atoms with Gasteiger partial charge in [0, 0.05) is 35.6 Å². The molecule has 0 unspecified atom stereocenters. The number of amides is 2. The molecule has 2 amide bonds. The number of aromatic hydroxyl groups is 1. The number of hydrogen-bond acceptors (Lipinski definition) is 7. The first kappa shape index (κ1) is 27.6. The Balaban J connectivity index is 1.51. The number of nitrogens with zero attached hydrogens (tertiary/aromatic N) is 1. The maximum atomic E-state index is 13.7. The molecule has 1 saturated heterocycles. The minimum absolute atomic E-state index is 0.0393. The van der Waals surface area contributed by atoms with Crippen molar-refractivity contribution in [3.8, 4) is 11.5 Å². The maximum Gasteiger partial charge on any atom is 0.303 e. The standard InChI is InChI=1S/C31H33NO8/c1-3-40-24-14-17(8-11-22(24)33)26-18-9-10-19-27(20(18)15-21-23(34)13-16(2)29(37)28(21)26)31(39)32(30(19)38)12-6-4-5-7-25(35)36/h8-9,11,13-14,19-20,26-27,33H,3-7,10,12,15H2,1-2H3,(H,35,36)/t19-,20+,26-,27-/m0/s1. The second kappa shape index (κ2) is 10.9. The Hall–Kier alpha value is -4.01. The Morgan fingerprint density at radius 3 is 2.58 bits per heavy atom. The van der Waals surface area contributed by atoms with Crippen LogP contribution in [0.4, 0.5) is 0 Å². The summed E-state index contributed by atoms with van der Waals surface area (Å²) in [5.41, 5.74) is 2.64. The van der Waals surface area contributed by atoms with Gasteiger partial charge in [0.1, 0.15) is 0 Å². The highest BCUT2D eigenvalue weighted by atomic mass is 16.5. The molecule has 9 heteroatoms. The molecule has 9 nitrogen and oxygen atoms in total. The van der Waals surface area contributed by atoms with Crippen LogP contribution in [0.15, 0.2) is 52.6 Å². The van der Waals surface area contributed by atoms with Gasteiger partial charge >= 0.3 is 5.97 Å². The largest absolute Gasteiger partial charge is 0.504 e. The van der Waals surface area contributed by atoms with Crippen LogP contribution in [-0.4, -0.2) is 57.6 Å². The van der Waals surface area contributed by atoms with Gasteiger partial charge in [-0.1, -0.05) is 24.1 Å². The van der Waals surface area contributed by atoms with Gasteiger partial charge in [0.2, 0.25) is 11.8 Å². The number of unbranched alkanes of at least 4 members (excludes halogenated alkanes) is 2. The number of rotatable bonds is 9. The molecule has 4 atom stereocenters. The van der Waals surface area contributed by atoms with E-state index in [1.807, 2.05) is 6.08 Å². The lowest BCUT2D eigenvalue weighted by atomic mass is 9.59. The fourth-order valence-electron chi connectivity index (χ4n) is 6.73. The highest BCUT2D eigenvalue weighted by Gasteiger charge is 2.56. The van der Waals surface area contributed by atoms with Crippen LogP contribution in [0.1, 0.15) is 63.9 Å². The number of carboxylic acid groups (broad SMARTS) is 1. The second-order valence-electron chi connectivity index (χ2n) is 10.9. The number of hydrogen-bond donors (Lipinski definition) is 2. The number of allylic oxidation sites excluding steroid dienone is 6. The van der Waals surface area contributed by atoms with Crippen LogP contribution in [0.3, 0.4) is 0 Å².